The predicted octanol–water partition coefficient (Wildman–Crippen LogP) is 4.57. The molecule has 3 aromatic rings. The number of amides is 2. The summed E-state index contributed by atoms with van der Waals surface area (Å²) in [6.45, 7) is 3.92. The Morgan fingerprint density at radius 2 is 1.59 bits per heavy atom. The number of methoxy groups -OCH3 is 1. The third-order valence-corrected chi connectivity index (χ3v) is 4.24. The summed E-state index contributed by atoms with van der Waals surface area (Å²) in [7, 11) is 1.28. The van der Waals surface area contributed by atoms with E-state index in [-0.39, 0.29) is 17.6 Å². The van der Waals surface area contributed by atoms with Crippen LogP contribution in [-0.2, 0) is 4.74 Å². The van der Waals surface area contributed by atoms with Gasteiger partial charge in [-0.15, -0.1) is 0 Å². The summed E-state index contributed by atoms with van der Waals surface area (Å²) < 4.78 is 19.4. The molecule has 2 N–H and O–H groups in total. The molecule has 2 amide bonds. The van der Waals surface area contributed by atoms with Crippen molar-refractivity contribution in [3.63, 3.8) is 0 Å². The lowest BCUT2D eigenvalue weighted by Crippen LogP contribution is -2.15. The van der Waals surface area contributed by atoms with Crippen LogP contribution in [0.2, 0.25) is 0 Å². The molecule has 150 valence electrons. The van der Waals surface area contributed by atoms with Crippen LogP contribution in [0.25, 0.3) is 5.69 Å². The number of hydrogen-bond donors (Lipinski definition) is 2. The molecule has 0 radical (unpaired) electrons. The molecule has 0 fully saturated rings. The van der Waals surface area contributed by atoms with Crippen LogP contribution in [0.5, 0.6) is 0 Å². The second-order valence-electron chi connectivity index (χ2n) is 6.63. The van der Waals surface area contributed by atoms with Gasteiger partial charge in [0, 0.05) is 11.4 Å². The van der Waals surface area contributed by atoms with Gasteiger partial charge in [-0.25, -0.2) is 13.9 Å². The van der Waals surface area contributed by atoms with Gasteiger partial charge in [-0.2, -0.15) is 5.10 Å². The Morgan fingerprint density at radius 1 is 1.00 bits per heavy atom. The summed E-state index contributed by atoms with van der Waals surface area (Å²) in [6.07, 6.45) is 0.929. The highest BCUT2D eigenvalue weighted by atomic mass is 19.1. The maximum Gasteiger partial charge on any atom is 0.411 e. The number of nitrogens with one attached hydrogen (secondary N) is 2. The number of nitrogens with zero attached hydrogens (tertiary/aromatic N) is 2. The summed E-state index contributed by atoms with van der Waals surface area (Å²) in [5, 5.41) is 9.69. The van der Waals surface area contributed by atoms with Crippen LogP contribution in [-0.4, -0.2) is 28.9 Å². The van der Waals surface area contributed by atoms with E-state index < -0.39 is 6.09 Å². The molecule has 29 heavy (non-hydrogen) atoms. The SMILES string of the molecule is COC(=O)Nc1ccc(NC(=O)c2cnn(-c3ccc(F)cc3)c2C(C)C)cc1. The summed E-state index contributed by atoms with van der Waals surface area (Å²) in [5.41, 5.74) is 2.93. The van der Waals surface area contributed by atoms with Crippen molar-refractivity contribution in [3.05, 3.63) is 71.8 Å². The Kier molecular flexibility index (Phi) is 5.92. The minimum atomic E-state index is -0.573. The van der Waals surface area contributed by atoms with Crippen molar-refractivity contribution in [1.29, 1.82) is 0 Å². The molecule has 0 saturated heterocycles. The fraction of sp³-hybridized carbons (Fsp3) is 0.190. The monoisotopic (exact) mass is 396 g/mol. The van der Waals surface area contributed by atoms with E-state index in [2.05, 4.69) is 20.5 Å². The van der Waals surface area contributed by atoms with Crippen LogP contribution >= 0.6 is 0 Å². The Balaban J connectivity index is 1.82. The normalized spacial score (nSPS) is 10.7. The van der Waals surface area contributed by atoms with Gasteiger partial charge >= 0.3 is 6.09 Å². The van der Waals surface area contributed by atoms with E-state index in [1.807, 2.05) is 13.8 Å². The van der Waals surface area contributed by atoms with Crippen molar-refractivity contribution in [3.8, 4) is 5.69 Å². The van der Waals surface area contributed by atoms with Crippen molar-refractivity contribution < 1.29 is 18.7 Å². The molecule has 0 bridgehead atoms. The van der Waals surface area contributed by atoms with Crippen LogP contribution in [0.1, 0.15) is 35.8 Å². The van der Waals surface area contributed by atoms with Crippen LogP contribution < -0.4 is 10.6 Å². The van der Waals surface area contributed by atoms with Crippen molar-refractivity contribution >= 4 is 23.4 Å². The number of halogens is 1. The zero-order valence-corrected chi connectivity index (χ0v) is 16.3. The first-order valence-corrected chi connectivity index (χ1v) is 8.99. The number of benzene rings is 2. The van der Waals surface area contributed by atoms with Gasteiger partial charge in [0.25, 0.3) is 5.91 Å². The molecule has 8 heteroatoms. The molecule has 0 saturated carbocycles. The van der Waals surface area contributed by atoms with E-state index >= 15 is 0 Å². The average Bonchev–Trinajstić information content (AvgIpc) is 3.15. The van der Waals surface area contributed by atoms with Gasteiger partial charge in [0.2, 0.25) is 0 Å². The molecule has 0 aliphatic carbocycles. The zero-order chi connectivity index (χ0) is 21.0. The quantitative estimate of drug-likeness (QED) is 0.662. The molecule has 0 aliphatic rings. The molecule has 0 unspecified atom stereocenters. The minimum Gasteiger partial charge on any atom is -0.453 e. The van der Waals surface area contributed by atoms with Gasteiger partial charge in [-0.1, -0.05) is 13.8 Å². The van der Waals surface area contributed by atoms with Crippen LogP contribution in [0.4, 0.5) is 20.6 Å². The lowest BCUT2D eigenvalue weighted by Gasteiger charge is -2.13. The molecule has 1 heterocycles. The lowest BCUT2D eigenvalue weighted by molar-refractivity contribution is 0.102. The molecular formula is C21H21FN4O3. The summed E-state index contributed by atoms with van der Waals surface area (Å²) >= 11 is 0. The van der Waals surface area contributed by atoms with E-state index in [9.17, 15) is 14.0 Å². The van der Waals surface area contributed by atoms with Crippen molar-refractivity contribution in [1.82, 2.24) is 9.78 Å². The third kappa shape index (κ3) is 4.60. The number of carbonyl (C=O) groups is 2. The van der Waals surface area contributed by atoms with E-state index in [1.165, 1.54) is 25.4 Å². The Morgan fingerprint density at radius 3 is 2.14 bits per heavy atom. The molecule has 7 nitrogen and oxygen atoms in total. The van der Waals surface area contributed by atoms with Crippen molar-refractivity contribution in [2.24, 2.45) is 0 Å². The highest BCUT2D eigenvalue weighted by molar-refractivity contribution is 6.05. The van der Waals surface area contributed by atoms with Crippen LogP contribution in [0.15, 0.2) is 54.7 Å². The summed E-state index contributed by atoms with van der Waals surface area (Å²) in [4.78, 5) is 24.1. The standard InChI is InChI=1S/C21H21FN4O3/c1-13(2)19-18(12-23-26(19)17-10-4-14(22)5-11-17)20(27)24-15-6-8-16(9-7-15)25-21(28)29-3/h4-13H,1-3H3,(H,24,27)(H,25,28). The number of hydrogen-bond acceptors (Lipinski definition) is 4. The van der Waals surface area contributed by atoms with Crippen molar-refractivity contribution in [2.75, 3.05) is 17.7 Å². The van der Waals surface area contributed by atoms with E-state index in [0.717, 1.165) is 5.69 Å². The first-order valence-electron chi connectivity index (χ1n) is 8.99. The second-order valence-corrected chi connectivity index (χ2v) is 6.63. The molecule has 0 spiro atoms. The lowest BCUT2D eigenvalue weighted by atomic mass is 10.0. The average molecular weight is 396 g/mol. The second kappa shape index (κ2) is 8.55. The van der Waals surface area contributed by atoms with E-state index in [1.54, 1.807) is 41.1 Å². The van der Waals surface area contributed by atoms with Gasteiger partial charge < -0.3 is 10.1 Å². The Bertz CT molecular complexity index is 1010. The highest BCUT2D eigenvalue weighted by Gasteiger charge is 2.21. The molecular weight excluding hydrogens is 375 g/mol. The smallest absolute Gasteiger partial charge is 0.411 e. The van der Waals surface area contributed by atoms with E-state index in [0.29, 0.717) is 22.6 Å². The van der Waals surface area contributed by atoms with Gasteiger partial charge in [0.1, 0.15) is 5.82 Å². The molecule has 3 rings (SSSR count). The van der Waals surface area contributed by atoms with Crippen LogP contribution in [0.3, 0.4) is 0 Å². The number of aromatic nitrogens is 2. The maximum absolute atomic E-state index is 13.2. The first kappa shape index (κ1) is 20.1. The minimum absolute atomic E-state index is 0.00920. The zero-order valence-electron chi connectivity index (χ0n) is 16.3. The number of ether oxygens (including phenoxy) is 1. The summed E-state index contributed by atoms with van der Waals surface area (Å²) in [6, 6.07) is 12.6. The fourth-order valence-corrected chi connectivity index (χ4v) is 2.88. The van der Waals surface area contributed by atoms with E-state index in [4.69, 9.17) is 0 Å². The molecule has 1 aromatic heterocycles. The third-order valence-electron chi connectivity index (χ3n) is 4.24. The van der Waals surface area contributed by atoms with Gasteiger partial charge in [0.15, 0.2) is 0 Å². The maximum atomic E-state index is 13.2. The molecule has 0 atom stereocenters. The Hall–Kier alpha value is -3.68. The summed E-state index contributed by atoms with van der Waals surface area (Å²) in [5.74, 6) is -0.638. The molecule has 2 aromatic carbocycles. The predicted molar refractivity (Wildman–Crippen MR) is 108 cm³/mol. The topological polar surface area (TPSA) is 85.2 Å². The molecule has 0 aliphatic heterocycles. The van der Waals surface area contributed by atoms with Gasteiger partial charge in [-0.3, -0.25) is 10.1 Å². The Labute approximate surface area is 167 Å². The highest BCUT2D eigenvalue weighted by Crippen LogP contribution is 2.24. The van der Waals surface area contributed by atoms with Crippen molar-refractivity contribution in [2.45, 2.75) is 19.8 Å². The fourth-order valence-electron chi connectivity index (χ4n) is 2.88. The van der Waals surface area contributed by atoms with Gasteiger partial charge in [-0.05, 0) is 54.4 Å². The number of rotatable bonds is 5. The van der Waals surface area contributed by atoms with Crippen LogP contribution in [0, 0.1) is 5.82 Å². The number of carbonyl (C=O) groups excluding carboxylic acids is 2. The van der Waals surface area contributed by atoms with Gasteiger partial charge in [0.05, 0.1) is 30.3 Å². The largest absolute Gasteiger partial charge is 0.453 e. The number of anilines is 2. The first-order chi connectivity index (χ1) is 13.9.